The fourth-order valence-electron chi connectivity index (χ4n) is 5.49. The zero-order chi connectivity index (χ0) is 27.1. The topological polar surface area (TPSA) is 97.6 Å². The van der Waals surface area contributed by atoms with Crippen LogP contribution in [-0.2, 0) is 11.3 Å². The van der Waals surface area contributed by atoms with Crippen molar-refractivity contribution in [2.45, 2.75) is 25.3 Å². The average molecular weight is 527 g/mol. The fraction of sp³-hybridized carbons (Fsp3) is 0.310. The number of carbonyl (C=O) groups excluding carboxylic acids is 1. The lowest BCUT2D eigenvalue weighted by Gasteiger charge is -2.32. The minimum Gasteiger partial charge on any atom is -0.382 e. The molecule has 1 amide bonds. The number of hydrogen-bond acceptors (Lipinski definition) is 6. The molecule has 0 atom stereocenters. The third-order valence-corrected chi connectivity index (χ3v) is 7.45. The van der Waals surface area contributed by atoms with E-state index in [0.29, 0.717) is 18.9 Å². The molecule has 9 nitrogen and oxygen atoms in total. The van der Waals surface area contributed by atoms with Gasteiger partial charge in [0.2, 0.25) is 5.91 Å². The highest BCUT2D eigenvalue weighted by molar-refractivity contribution is 5.92. The number of benzene rings is 2. The van der Waals surface area contributed by atoms with Crippen LogP contribution in [0.3, 0.4) is 0 Å². The smallest absolute Gasteiger partial charge is 0.236 e. The Morgan fingerprint density at radius 2 is 1.87 bits per heavy atom. The molecule has 2 N–H and O–H groups in total. The molecule has 0 bridgehead atoms. The SMILES string of the molecule is CN(C)CC(=O)N1CCC(c2cc(-c3ccc4cn(Cc5ccc(F)cc5)nc4c3)c3c(N)ncnn23)CC1. The molecule has 0 unspecified atom stereocenters. The highest BCUT2D eigenvalue weighted by atomic mass is 19.1. The average Bonchev–Trinajstić information content (AvgIpc) is 3.51. The molecule has 3 aromatic heterocycles. The van der Waals surface area contributed by atoms with Gasteiger partial charge in [-0.3, -0.25) is 9.48 Å². The molecule has 0 spiro atoms. The molecule has 0 aliphatic carbocycles. The van der Waals surface area contributed by atoms with Gasteiger partial charge in [0, 0.05) is 41.8 Å². The van der Waals surface area contributed by atoms with Crippen LogP contribution in [0.1, 0.15) is 30.0 Å². The molecule has 4 heterocycles. The van der Waals surface area contributed by atoms with Crippen LogP contribution in [0.15, 0.2) is 61.1 Å². The Morgan fingerprint density at radius 1 is 1.10 bits per heavy atom. The van der Waals surface area contributed by atoms with Gasteiger partial charge in [0.1, 0.15) is 17.7 Å². The molecule has 200 valence electrons. The number of nitrogen functional groups attached to an aromatic ring is 1. The molecule has 1 aliphatic rings. The van der Waals surface area contributed by atoms with Crippen LogP contribution in [-0.4, -0.2) is 73.8 Å². The van der Waals surface area contributed by atoms with E-state index in [1.165, 1.54) is 18.5 Å². The maximum absolute atomic E-state index is 13.3. The van der Waals surface area contributed by atoms with Gasteiger partial charge >= 0.3 is 0 Å². The maximum atomic E-state index is 13.3. The number of aromatic nitrogens is 5. The zero-order valence-corrected chi connectivity index (χ0v) is 22.1. The van der Waals surface area contributed by atoms with Gasteiger partial charge in [0.05, 0.1) is 18.6 Å². The highest BCUT2D eigenvalue weighted by Crippen LogP contribution is 2.37. The van der Waals surface area contributed by atoms with Gasteiger partial charge in [-0.1, -0.05) is 24.3 Å². The minimum absolute atomic E-state index is 0.165. The van der Waals surface area contributed by atoms with Crippen LogP contribution in [0.4, 0.5) is 10.2 Å². The van der Waals surface area contributed by atoms with Crippen molar-refractivity contribution in [1.82, 2.24) is 34.2 Å². The van der Waals surface area contributed by atoms with Crippen molar-refractivity contribution in [3.63, 3.8) is 0 Å². The van der Waals surface area contributed by atoms with Crippen LogP contribution in [0.2, 0.25) is 0 Å². The largest absolute Gasteiger partial charge is 0.382 e. The van der Waals surface area contributed by atoms with Crippen molar-refractivity contribution in [2.24, 2.45) is 0 Å². The first-order valence-electron chi connectivity index (χ1n) is 13.1. The molecule has 6 rings (SSSR count). The standard InChI is InChI=1S/C29H31FN8O/c1-35(2)17-27(39)36-11-9-20(10-12-36)26-14-24(28-29(31)32-18-33-38(26)28)21-5-6-22-16-37(34-25(22)13-21)15-19-3-7-23(30)8-4-19/h3-8,13-14,16,18,20H,9-12,15,17H2,1-2H3,(H2,31,32,33). The fourth-order valence-corrected chi connectivity index (χ4v) is 5.49. The summed E-state index contributed by atoms with van der Waals surface area (Å²) in [6.07, 6.45) is 5.21. The number of likely N-dealkylation sites (tertiary alicyclic amines) is 1. The number of amides is 1. The van der Waals surface area contributed by atoms with Gasteiger partial charge in [-0.2, -0.15) is 10.2 Å². The highest BCUT2D eigenvalue weighted by Gasteiger charge is 2.28. The summed E-state index contributed by atoms with van der Waals surface area (Å²) >= 11 is 0. The Hall–Kier alpha value is -4.31. The molecule has 0 saturated carbocycles. The molecular weight excluding hydrogens is 495 g/mol. The van der Waals surface area contributed by atoms with Crippen LogP contribution < -0.4 is 5.73 Å². The van der Waals surface area contributed by atoms with E-state index in [0.717, 1.165) is 64.7 Å². The van der Waals surface area contributed by atoms with Crippen LogP contribution in [0, 0.1) is 5.82 Å². The van der Waals surface area contributed by atoms with Gasteiger partial charge in [-0.05, 0) is 62.3 Å². The van der Waals surface area contributed by atoms with Gasteiger partial charge in [0.15, 0.2) is 5.82 Å². The number of nitrogens with two attached hydrogens (primary N) is 1. The number of nitrogens with zero attached hydrogens (tertiary/aromatic N) is 7. The van der Waals surface area contributed by atoms with Gasteiger partial charge in [-0.25, -0.2) is 13.9 Å². The molecule has 1 saturated heterocycles. The number of likely N-dealkylation sites (N-methyl/N-ethyl adjacent to an activating group) is 1. The van der Waals surface area contributed by atoms with E-state index >= 15 is 0 Å². The van der Waals surface area contributed by atoms with Crippen molar-refractivity contribution >= 4 is 28.1 Å². The Balaban J connectivity index is 1.30. The van der Waals surface area contributed by atoms with E-state index in [4.69, 9.17) is 10.8 Å². The minimum atomic E-state index is -0.250. The quantitative estimate of drug-likeness (QED) is 0.362. The molecule has 0 radical (unpaired) electrons. The summed E-state index contributed by atoms with van der Waals surface area (Å²) in [7, 11) is 3.83. The molecule has 39 heavy (non-hydrogen) atoms. The normalized spacial score (nSPS) is 14.6. The summed E-state index contributed by atoms with van der Waals surface area (Å²) in [4.78, 5) is 20.7. The van der Waals surface area contributed by atoms with E-state index in [2.05, 4.69) is 34.3 Å². The van der Waals surface area contributed by atoms with Gasteiger partial charge in [-0.15, -0.1) is 0 Å². The second kappa shape index (κ2) is 10.1. The molecule has 10 heteroatoms. The second-order valence-corrected chi connectivity index (χ2v) is 10.5. The Morgan fingerprint density at radius 3 is 2.62 bits per heavy atom. The van der Waals surface area contributed by atoms with Crippen molar-refractivity contribution in [2.75, 3.05) is 39.5 Å². The third-order valence-electron chi connectivity index (χ3n) is 7.45. The predicted octanol–water partition coefficient (Wildman–Crippen LogP) is 3.78. The zero-order valence-electron chi connectivity index (χ0n) is 22.1. The summed E-state index contributed by atoms with van der Waals surface area (Å²) < 4.78 is 17.1. The number of fused-ring (bicyclic) bond motifs is 2. The predicted molar refractivity (Wildman–Crippen MR) is 149 cm³/mol. The maximum Gasteiger partial charge on any atom is 0.236 e. The van der Waals surface area contributed by atoms with Crippen LogP contribution >= 0.6 is 0 Å². The molecule has 5 aromatic rings. The Kier molecular flexibility index (Phi) is 6.48. The summed E-state index contributed by atoms with van der Waals surface area (Å²) in [5.41, 5.74) is 12.0. The first-order valence-corrected chi connectivity index (χ1v) is 13.1. The Bertz CT molecular complexity index is 1650. The first kappa shape index (κ1) is 25.0. The third kappa shape index (κ3) is 4.95. The van der Waals surface area contributed by atoms with E-state index in [-0.39, 0.29) is 17.6 Å². The van der Waals surface area contributed by atoms with Crippen molar-refractivity contribution in [3.05, 3.63) is 78.1 Å². The summed E-state index contributed by atoms with van der Waals surface area (Å²) in [5.74, 6) is 0.590. The molecule has 1 aliphatic heterocycles. The van der Waals surface area contributed by atoms with E-state index in [1.54, 1.807) is 12.1 Å². The Labute approximate surface area is 225 Å². The lowest BCUT2D eigenvalue weighted by molar-refractivity contribution is -0.132. The van der Waals surface area contributed by atoms with Crippen LogP contribution in [0.25, 0.3) is 27.5 Å². The van der Waals surface area contributed by atoms with E-state index in [9.17, 15) is 9.18 Å². The van der Waals surface area contributed by atoms with Gasteiger partial charge < -0.3 is 15.5 Å². The number of anilines is 1. The number of carbonyl (C=O) groups is 1. The lowest BCUT2D eigenvalue weighted by atomic mass is 9.93. The number of rotatable bonds is 6. The second-order valence-electron chi connectivity index (χ2n) is 10.5. The lowest BCUT2D eigenvalue weighted by Crippen LogP contribution is -2.42. The monoisotopic (exact) mass is 526 g/mol. The van der Waals surface area contributed by atoms with E-state index in [1.807, 2.05) is 39.3 Å². The molecule has 2 aromatic carbocycles. The summed E-state index contributed by atoms with van der Waals surface area (Å²) in [5, 5.41) is 10.4. The first-order chi connectivity index (χ1) is 18.9. The van der Waals surface area contributed by atoms with Gasteiger partial charge in [0.25, 0.3) is 0 Å². The van der Waals surface area contributed by atoms with Crippen molar-refractivity contribution in [1.29, 1.82) is 0 Å². The summed E-state index contributed by atoms with van der Waals surface area (Å²) in [6.45, 7) is 2.42. The van der Waals surface area contributed by atoms with E-state index < -0.39 is 0 Å². The van der Waals surface area contributed by atoms with Crippen LogP contribution in [0.5, 0.6) is 0 Å². The van der Waals surface area contributed by atoms with Crippen molar-refractivity contribution < 1.29 is 9.18 Å². The molecular formula is C29H31FN8O. The number of piperidine rings is 1. The summed E-state index contributed by atoms with van der Waals surface area (Å²) in [6, 6.07) is 14.8. The molecule has 1 fully saturated rings. The number of hydrogen-bond donors (Lipinski definition) is 1. The van der Waals surface area contributed by atoms with Crippen molar-refractivity contribution in [3.8, 4) is 11.1 Å². The number of halogens is 1.